The van der Waals surface area contributed by atoms with Crippen molar-refractivity contribution in [1.82, 2.24) is 20.4 Å². The van der Waals surface area contributed by atoms with Crippen LogP contribution in [0.4, 0.5) is 15.6 Å². The molecule has 3 aromatic rings. The number of hydrogen-bond donors (Lipinski definition) is 3. The molecule has 0 aliphatic heterocycles. The van der Waals surface area contributed by atoms with Gasteiger partial charge in [0.2, 0.25) is 5.13 Å². The van der Waals surface area contributed by atoms with Gasteiger partial charge in [0, 0.05) is 22.0 Å². The predicted molar refractivity (Wildman–Crippen MR) is 97.2 cm³/mol. The molecule has 0 spiro atoms. The number of carbonyl (C=O) groups is 1. The van der Waals surface area contributed by atoms with Crippen LogP contribution < -0.4 is 10.6 Å². The van der Waals surface area contributed by atoms with Gasteiger partial charge in [-0.3, -0.25) is 10.4 Å². The minimum Gasteiger partial charge on any atom is -0.305 e. The molecule has 11 heteroatoms. The minimum absolute atomic E-state index is 0.392. The fourth-order valence-electron chi connectivity index (χ4n) is 1.70. The Kier molecular flexibility index (Phi) is 5.56. The van der Waals surface area contributed by atoms with E-state index in [1.54, 1.807) is 24.4 Å². The lowest BCUT2D eigenvalue weighted by Gasteiger charge is -2.04. The van der Waals surface area contributed by atoms with Gasteiger partial charge in [0.15, 0.2) is 4.34 Å². The maximum atomic E-state index is 11.8. The van der Waals surface area contributed by atoms with Gasteiger partial charge in [-0.25, -0.2) is 4.79 Å². The molecule has 7 nitrogen and oxygen atoms in total. The molecule has 0 bridgehead atoms. The van der Waals surface area contributed by atoms with Crippen molar-refractivity contribution in [1.29, 1.82) is 0 Å². The lowest BCUT2D eigenvalue weighted by atomic mass is 10.2. The summed E-state index contributed by atoms with van der Waals surface area (Å²) < 4.78 is 0.699. The Morgan fingerprint density at radius 1 is 1.25 bits per heavy atom. The molecule has 0 radical (unpaired) electrons. The van der Waals surface area contributed by atoms with Crippen LogP contribution in [0.15, 0.2) is 34.9 Å². The number of anilines is 2. The second-order valence-corrected chi connectivity index (χ2v) is 7.44. The van der Waals surface area contributed by atoms with E-state index < -0.39 is 6.03 Å². The van der Waals surface area contributed by atoms with Crippen LogP contribution in [0.25, 0.3) is 0 Å². The Bertz CT molecular complexity index is 819. The second-order valence-electron chi connectivity index (χ2n) is 4.43. The summed E-state index contributed by atoms with van der Waals surface area (Å²) in [5.41, 5.74) is 1.40. The molecule has 2 amide bonds. The first-order chi connectivity index (χ1) is 11.6. The molecule has 3 rings (SSSR count). The zero-order valence-corrected chi connectivity index (χ0v) is 15.1. The molecule has 124 valence electrons. The van der Waals surface area contributed by atoms with E-state index in [0.29, 0.717) is 31.0 Å². The fourth-order valence-corrected chi connectivity index (χ4v) is 4.19. The molecule has 0 saturated carbocycles. The molecule has 0 unspecified atom stereocenters. The Labute approximate surface area is 155 Å². The van der Waals surface area contributed by atoms with Gasteiger partial charge in [-0.15, -0.1) is 10.2 Å². The summed E-state index contributed by atoms with van der Waals surface area (Å²) in [6.07, 6.45) is 3.06. The first-order valence-corrected chi connectivity index (χ1v) is 9.13. The zero-order valence-electron chi connectivity index (χ0n) is 11.9. The highest BCUT2D eigenvalue weighted by Crippen LogP contribution is 2.33. The van der Waals surface area contributed by atoms with Crippen LogP contribution in [0, 0.1) is 0 Å². The van der Waals surface area contributed by atoms with Crippen LogP contribution in [-0.2, 0) is 5.75 Å². The average Bonchev–Trinajstić information content (AvgIpc) is 3.19. The van der Waals surface area contributed by atoms with Crippen LogP contribution in [-0.4, -0.2) is 26.4 Å². The number of nitrogens with zero attached hydrogens (tertiary/aromatic N) is 3. The monoisotopic (exact) mass is 400 g/mol. The summed E-state index contributed by atoms with van der Waals surface area (Å²) in [5, 5.41) is 21.1. The minimum atomic E-state index is -0.418. The highest BCUT2D eigenvalue weighted by atomic mass is 35.5. The van der Waals surface area contributed by atoms with E-state index in [2.05, 4.69) is 31.0 Å². The summed E-state index contributed by atoms with van der Waals surface area (Å²) in [5.74, 6) is 0.564. The number of rotatable bonds is 5. The molecule has 0 saturated heterocycles. The van der Waals surface area contributed by atoms with Crippen LogP contribution in [0.2, 0.25) is 10.0 Å². The molecule has 0 atom stereocenters. The van der Waals surface area contributed by atoms with Crippen LogP contribution in [0.5, 0.6) is 0 Å². The van der Waals surface area contributed by atoms with Crippen molar-refractivity contribution in [3.63, 3.8) is 0 Å². The van der Waals surface area contributed by atoms with Crippen LogP contribution in [0.1, 0.15) is 5.56 Å². The molecule has 0 fully saturated rings. The molecule has 1 aromatic carbocycles. The van der Waals surface area contributed by atoms with Crippen LogP contribution >= 0.6 is 46.3 Å². The number of nitrogens with one attached hydrogen (secondary N) is 3. The van der Waals surface area contributed by atoms with Gasteiger partial charge < -0.3 is 5.32 Å². The van der Waals surface area contributed by atoms with E-state index in [1.165, 1.54) is 29.3 Å². The van der Waals surface area contributed by atoms with Crippen molar-refractivity contribution in [2.24, 2.45) is 0 Å². The summed E-state index contributed by atoms with van der Waals surface area (Å²) >= 11 is 15.0. The lowest BCUT2D eigenvalue weighted by Crippen LogP contribution is -2.18. The van der Waals surface area contributed by atoms with Gasteiger partial charge in [-0.05, 0) is 17.7 Å². The quantitative estimate of drug-likeness (QED) is 0.432. The molecular formula is C13H10Cl2N6OS2. The number of aromatic amines is 1. The van der Waals surface area contributed by atoms with Gasteiger partial charge in [-0.1, -0.05) is 52.4 Å². The topological polar surface area (TPSA) is 95.6 Å². The summed E-state index contributed by atoms with van der Waals surface area (Å²) in [6.45, 7) is 0. The molecule has 3 N–H and O–H groups in total. The standard InChI is InChI=1S/C13H10Cl2N6OS2/c14-9-2-1-3-10(15)8(9)6-23-13-21-20-12(24-13)19-11(22)18-7-4-16-17-5-7/h1-5H,6H2,(H,16,17)(H2,18,19,20,22). The molecule has 0 aliphatic carbocycles. The number of amides is 2. The van der Waals surface area contributed by atoms with E-state index in [0.717, 1.165) is 5.56 Å². The van der Waals surface area contributed by atoms with Crippen molar-refractivity contribution in [3.8, 4) is 0 Å². The predicted octanol–water partition coefficient (Wildman–Crippen LogP) is 4.50. The van der Waals surface area contributed by atoms with Gasteiger partial charge in [0.05, 0.1) is 11.9 Å². The number of aromatic nitrogens is 4. The largest absolute Gasteiger partial charge is 0.325 e. The Morgan fingerprint density at radius 2 is 2.04 bits per heavy atom. The number of urea groups is 1. The number of H-pyrrole nitrogens is 1. The maximum absolute atomic E-state index is 11.8. The molecular weight excluding hydrogens is 391 g/mol. The first kappa shape index (κ1) is 17.0. The Morgan fingerprint density at radius 3 is 2.75 bits per heavy atom. The second kappa shape index (κ2) is 7.84. The van der Waals surface area contributed by atoms with E-state index in [-0.39, 0.29) is 0 Å². The summed E-state index contributed by atoms with van der Waals surface area (Å²) in [6, 6.07) is 4.95. The zero-order chi connectivity index (χ0) is 16.9. The number of benzene rings is 1. The van der Waals surface area contributed by atoms with E-state index in [4.69, 9.17) is 23.2 Å². The van der Waals surface area contributed by atoms with Crippen molar-refractivity contribution in [2.45, 2.75) is 10.1 Å². The molecule has 2 heterocycles. The average molecular weight is 401 g/mol. The van der Waals surface area contributed by atoms with Gasteiger partial charge in [-0.2, -0.15) is 5.10 Å². The van der Waals surface area contributed by atoms with Crippen molar-refractivity contribution in [3.05, 3.63) is 46.2 Å². The van der Waals surface area contributed by atoms with E-state index in [1.807, 2.05) is 0 Å². The normalized spacial score (nSPS) is 10.6. The van der Waals surface area contributed by atoms with E-state index in [9.17, 15) is 4.79 Å². The fraction of sp³-hybridized carbons (Fsp3) is 0.0769. The number of thioether (sulfide) groups is 1. The Balaban J connectivity index is 1.56. The third-order valence-corrected chi connectivity index (χ3v) is 5.49. The SMILES string of the molecule is O=C(Nc1cn[nH]c1)Nc1nnc(SCc2c(Cl)cccc2Cl)s1. The van der Waals surface area contributed by atoms with Crippen molar-refractivity contribution < 1.29 is 4.79 Å². The third kappa shape index (κ3) is 4.38. The molecule has 0 aliphatic rings. The third-order valence-electron chi connectivity index (χ3n) is 2.78. The summed E-state index contributed by atoms with van der Waals surface area (Å²) in [4.78, 5) is 11.8. The lowest BCUT2D eigenvalue weighted by molar-refractivity contribution is 0.262. The van der Waals surface area contributed by atoms with Gasteiger partial charge in [0.1, 0.15) is 0 Å². The van der Waals surface area contributed by atoms with Crippen molar-refractivity contribution in [2.75, 3.05) is 10.6 Å². The Hall–Kier alpha value is -1.81. The van der Waals surface area contributed by atoms with Crippen molar-refractivity contribution >= 4 is 63.2 Å². The van der Waals surface area contributed by atoms with Gasteiger partial charge in [0.25, 0.3) is 0 Å². The number of carbonyl (C=O) groups excluding carboxylic acids is 1. The number of halogens is 2. The van der Waals surface area contributed by atoms with Crippen LogP contribution in [0.3, 0.4) is 0 Å². The molecule has 24 heavy (non-hydrogen) atoms. The maximum Gasteiger partial charge on any atom is 0.325 e. The number of hydrogen-bond acceptors (Lipinski definition) is 6. The van der Waals surface area contributed by atoms with E-state index >= 15 is 0 Å². The first-order valence-electron chi connectivity index (χ1n) is 6.58. The summed E-state index contributed by atoms with van der Waals surface area (Å²) in [7, 11) is 0. The van der Waals surface area contributed by atoms with Gasteiger partial charge >= 0.3 is 6.03 Å². The highest BCUT2D eigenvalue weighted by Gasteiger charge is 2.11. The smallest absolute Gasteiger partial charge is 0.305 e. The molecule has 2 aromatic heterocycles. The highest BCUT2D eigenvalue weighted by molar-refractivity contribution is 8.00.